The molecule has 1 N–H and O–H groups in total. The second-order valence-electron chi connectivity index (χ2n) is 4.55. The lowest BCUT2D eigenvalue weighted by Gasteiger charge is -2.15. The van der Waals surface area contributed by atoms with E-state index in [9.17, 15) is 9.59 Å². The summed E-state index contributed by atoms with van der Waals surface area (Å²) in [5.41, 5.74) is 0. The Bertz CT molecular complexity index is 233. The van der Waals surface area contributed by atoms with E-state index in [1.54, 1.807) is 0 Å². The fourth-order valence-electron chi connectivity index (χ4n) is 2.19. The molecule has 2 atom stereocenters. The van der Waals surface area contributed by atoms with Crippen molar-refractivity contribution < 1.29 is 14.7 Å². The highest BCUT2D eigenvalue weighted by Crippen LogP contribution is 2.33. The van der Waals surface area contributed by atoms with Gasteiger partial charge in [-0.3, -0.25) is 9.59 Å². The Labute approximate surface area is 84.5 Å². The second kappa shape index (κ2) is 4.58. The largest absolute Gasteiger partial charge is 0.481 e. The monoisotopic (exact) mass is 198 g/mol. The fourth-order valence-corrected chi connectivity index (χ4v) is 2.19. The Hall–Kier alpha value is -0.860. The minimum Gasteiger partial charge on any atom is -0.481 e. The van der Waals surface area contributed by atoms with Crippen molar-refractivity contribution >= 4 is 11.8 Å². The first kappa shape index (κ1) is 11.2. The Balaban J connectivity index is 2.58. The molecule has 80 valence electrons. The summed E-state index contributed by atoms with van der Waals surface area (Å²) < 4.78 is 0. The zero-order chi connectivity index (χ0) is 10.7. The normalized spacial score (nSPS) is 26.8. The third-order valence-electron chi connectivity index (χ3n) is 2.86. The third kappa shape index (κ3) is 2.56. The third-order valence-corrected chi connectivity index (χ3v) is 2.86. The Morgan fingerprint density at radius 1 is 1.29 bits per heavy atom. The van der Waals surface area contributed by atoms with Crippen LogP contribution in [0.4, 0.5) is 0 Å². The average molecular weight is 198 g/mol. The maximum Gasteiger partial charge on any atom is 0.307 e. The number of ketones is 1. The molecule has 0 spiro atoms. The molecule has 0 aromatic heterocycles. The molecule has 3 nitrogen and oxygen atoms in total. The quantitative estimate of drug-likeness (QED) is 0.752. The van der Waals surface area contributed by atoms with Crippen LogP contribution in [0.2, 0.25) is 0 Å². The number of carboxylic acid groups (broad SMARTS) is 1. The second-order valence-corrected chi connectivity index (χ2v) is 4.55. The first-order valence-electron chi connectivity index (χ1n) is 5.28. The maximum atomic E-state index is 11.7. The maximum absolute atomic E-state index is 11.7. The minimum absolute atomic E-state index is 0.143. The number of carbonyl (C=O) groups is 2. The predicted molar refractivity (Wildman–Crippen MR) is 52.9 cm³/mol. The van der Waals surface area contributed by atoms with Crippen LogP contribution in [-0.2, 0) is 9.59 Å². The van der Waals surface area contributed by atoms with Gasteiger partial charge in [-0.15, -0.1) is 0 Å². The molecule has 0 radical (unpaired) electrons. The van der Waals surface area contributed by atoms with E-state index >= 15 is 0 Å². The van der Waals surface area contributed by atoms with Crippen LogP contribution < -0.4 is 0 Å². The molecule has 0 saturated heterocycles. The first-order valence-corrected chi connectivity index (χ1v) is 5.28. The van der Waals surface area contributed by atoms with Crippen LogP contribution in [-0.4, -0.2) is 16.9 Å². The summed E-state index contributed by atoms with van der Waals surface area (Å²) in [4.78, 5) is 22.6. The van der Waals surface area contributed by atoms with Gasteiger partial charge in [0.05, 0.1) is 5.92 Å². The highest BCUT2D eigenvalue weighted by atomic mass is 16.4. The minimum atomic E-state index is -0.801. The van der Waals surface area contributed by atoms with E-state index in [1.165, 1.54) is 0 Å². The number of carboxylic acids is 1. The van der Waals surface area contributed by atoms with E-state index < -0.39 is 11.9 Å². The molecule has 14 heavy (non-hydrogen) atoms. The van der Waals surface area contributed by atoms with Crippen LogP contribution in [0, 0.1) is 17.8 Å². The smallest absolute Gasteiger partial charge is 0.307 e. The van der Waals surface area contributed by atoms with Crippen molar-refractivity contribution in [1.82, 2.24) is 0 Å². The number of Topliss-reactive ketones (excluding diaryl/α,β-unsaturated/α-hetero) is 1. The molecule has 0 aromatic rings. The molecule has 0 heterocycles. The van der Waals surface area contributed by atoms with Gasteiger partial charge in [-0.1, -0.05) is 20.3 Å². The van der Waals surface area contributed by atoms with E-state index in [0.29, 0.717) is 18.8 Å². The standard InChI is InChI=1S/C11H18O3/c1-7(2)6-10(12)8-4-3-5-9(8)11(13)14/h7-9H,3-6H2,1-2H3,(H,13,14)/t8-,9-/m1/s1. The summed E-state index contributed by atoms with van der Waals surface area (Å²) in [7, 11) is 0. The van der Waals surface area contributed by atoms with Crippen molar-refractivity contribution in [1.29, 1.82) is 0 Å². The van der Waals surface area contributed by atoms with Crippen LogP contribution >= 0.6 is 0 Å². The summed E-state index contributed by atoms with van der Waals surface area (Å²) in [5, 5.41) is 8.91. The fraction of sp³-hybridized carbons (Fsp3) is 0.818. The van der Waals surface area contributed by atoms with Gasteiger partial charge in [0.25, 0.3) is 0 Å². The molecule has 0 aliphatic heterocycles. The highest BCUT2D eigenvalue weighted by Gasteiger charge is 2.37. The summed E-state index contributed by atoms with van der Waals surface area (Å²) in [6, 6.07) is 0. The number of carbonyl (C=O) groups excluding carboxylic acids is 1. The van der Waals surface area contributed by atoms with Crippen molar-refractivity contribution in [2.45, 2.75) is 39.5 Å². The molecule has 1 aliphatic carbocycles. The van der Waals surface area contributed by atoms with Crippen molar-refractivity contribution in [3.05, 3.63) is 0 Å². The Kier molecular flexibility index (Phi) is 3.67. The van der Waals surface area contributed by atoms with Gasteiger partial charge in [-0.2, -0.15) is 0 Å². The van der Waals surface area contributed by atoms with Crippen LogP contribution in [0.1, 0.15) is 39.5 Å². The Morgan fingerprint density at radius 2 is 1.86 bits per heavy atom. The lowest BCUT2D eigenvalue weighted by Crippen LogP contribution is -2.26. The average Bonchev–Trinajstić information content (AvgIpc) is 2.49. The van der Waals surface area contributed by atoms with Crippen molar-refractivity contribution in [2.75, 3.05) is 0 Å². The molecule has 1 rings (SSSR count). The lowest BCUT2D eigenvalue weighted by atomic mass is 9.88. The summed E-state index contributed by atoms with van der Waals surface area (Å²) >= 11 is 0. The van der Waals surface area contributed by atoms with Crippen LogP contribution in [0.25, 0.3) is 0 Å². The van der Waals surface area contributed by atoms with E-state index in [0.717, 1.165) is 12.8 Å². The SMILES string of the molecule is CC(C)CC(=O)[C@@H]1CCC[C@H]1C(=O)O. The zero-order valence-electron chi connectivity index (χ0n) is 8.82. The van der Waals surface area contributed by atoms with Crippen LogP contribution in [0.15, 0.2) is 0 Å². The number of aliphatic carboxylic acids is 1. The van der Waals surface area contributed by atoms with E-state index in [1.807, 2.05) is 13.8 Å². The van der Waals surface area contributed by atoms with Crippen molar-refractivity contribution in [2.24, 2.45) is 17.8 Å². The zero-order valence-corrected chi connectivity index (χ0v) is 8.82. The Morgan fingerprint density at radius 3 is 2.36 bits per heavy atom. The molecule has 1 saturated carbocycles. The highest BCUT2D eigenvalue weighted by molar-refractivity contribution is 5.86. The van der Waals surface area contributed by atoms with Gasteiger partial charge < -0.3 is 5.11 Å². The molecular weight excluding hydrogens is 180 g/mol. The molecule has 0 aromatic carbocycles. The van der Waals surface area contributed by atoms with Gasteiger partial charge in [-0.05, 0) is 18.8 Å². The summed E-state index contributed by atoms with van der Waals surface area (Å²) in [6.45, 7) is 3.98. The van der Waals surface area contributed by atoms with E-state index in [2.05, 4.69) is 0 Å². The van der Waals surface area contributed by atoms with Crippen molar-refractivity contribution in [3.8, 4) is 0 Å². The molecule has 0 amide bonds. The molecular formula is C11H18O3. The van der Waals surface area contributed by atoms with Crippen LogP contribution in [0.3, 0.4) is 0 Å². The van der Waals surface area contributed by atoms with E-state index in [4.69, 9.17) is 5.11 Å². The summed E-state index contributed by atoms with van der Waals surface area (Å²) in [6.07, 6.45) is 2.84. The van der Waals surface area contributed by atoms with Gasteiger partial charge in [-0.25, -0.2) is 0 Å². The topological polar surface area (TPSA) is 54.4 Å². The summed E-state index contributed by atoms with van der Waals surface area (Å²) in [5.74, 6) is -0.955. The molecule has 1 fully saturated rings. The van der Waals surface area contributed by atoms with Gasteiger partial charge in [0.1, 0.15) is 5.78 Å². The van der Waals surface area contributed by atoms with Crippen molar-refractivity contribution in [3.63, 3.8) is 0 Å². The van der Waals surface area contributed by atoms with Gasteiger partial charge in [0.2, 0.25) is 0 Å². The van der Waals surface area contributed by atoms with Gasteiger partial charge in [0.15, 0.2) is 0 Å². The first-order chi connectivity index (χ1) is 6.52. The van der Waals surface area contributed by atoms with E-state index in [-0.39, 0.29) is 11.7 Å². The lowest BCUT2D eigenvalue weighted by molar-refractivity contribution is -0.145. The molecule has 3 heteroatoms. The number of hydrogen-bond acceptors (Lipinski definition) is 2. The van der Waals surface area contributed by atoms with Gasteiger partial charge >= 0.3 is 5.97 Å². The number of rotatable bonds is 4. The molecule has 0 unspecified atom stereocenters. The van der Waals surface area contributed by atoms with Crippen LogP contribution in [0.5, 0.6) is 0 Å². The van der Waals surface area contributed by atoms with Gasteiger partial charge in [0, 0.05) is 12.3 Å². The predicted octanol–water partition coefficient (Wildman–Crippen LogP) is 2.10. The molecule has 0 bridgehead atoms. The molecule has 1 aliphatic rings. The number of hydrogen-bond donors (Lipinski definition) is 1.